The van der Waals surface area contributed by atoms with Gasteiger partial charge in [-0.1, -0.05) is 6.92 Å². The molecule has 2 unspecified atom stereocenters. The number of rotatable bonds is 3. The molecule has 2 heteroatoms. The molecule has 13 heavy (non-hydrogen) atoms. The standard InChI is InChI=1S/C11H17NO/c1-9(10-4-5-12-8-10)7-11-3-2-6-13-11/h2-3,6,9-10,12H,4-5,7-8H2,1H3. The number of nitrogens with one attached hydrogen (secondary N) is 1. The van der Waals surface area contributed by atoms with Gasteiger partial charge in [-0.05, 0) is 43.5 Å². The van der Waals surface area contributed by atoms with Crippen LogP contribution >= 0.6 is 0 Å². The maximum Gasteiger partial charge on any atom is 0.104 e. The molecule has 0 spiro atoms. The lowest BCUT2D eigenvalue weighted by Gasteiger charge is -2.16. The second-order valence-electron chi connectivity index (χ2n) is 4.01. The second kappa shape index (κ2) is 3.97. The molecule has 0 saturated carbocycles. The van der Waals surface area contributed by atoms with Crippen LogP contribution in [-0.2, 0) is 6.42 Å². The maximum absolute atomic E-state index is 5.34. The SMILES string of the molecule is CC(Cc1ccco1)C1CCNC1. The zero-order valence-corrected chi connectivity index (χ0v) is 8.12. The first kappa shape index (κ1) is 8.82. The van der Waals surface area contributed by atoms with Crippen LogP contribution in [0.25, 0.3) is 0 Å². The summed E-state index contributed by atoms with van der Waals surface area (Å²) < 4.78 is 5.34. The van der Waals surface area contributed by atoms with Crippen LogP contribution < -0.4 is 5.32 Å². The third-order valence-electron chi connectivity index (χ3n) is 3.01. The van der Waals surface area contributed by atoms with E-state index in [1.807, 2.05) is 6.07 Å². The summed E-state index contributed by atoms with van der Waals surface area (Å²) in [5, 5.41) is 3.40. The monoisotopic (exact) mass is 179 g/mol. The van der Waals surface area contributed by atoms with Crippen molar-refractivity contribution >= 4 is 0 Å². The lowest BCUT2D eigenvalue weighted by atomic mass is 9.90. The van der Waals surface area contributed by atoms with E-state index in [4.69, 9.17) is 4.42 Å². The molecule has 1 saturated heterocycles. The summed E-state index contributed by atoms with van der Waals surface area (Å²) >= 11 is 0. The molecule has 1 aromatic heterocycles. The highest BCUT2D eigenvalue weighted by Crippen LogP contribution is 2.22. The fraction of sp³-hybridized carbons (Fsp3) is 0.636. The second-order valence-corrected chi connectivity index (χ2v) is 4.01. The van der Waals surface area contributed by atoms with Crippen molar-refractivity contribution in [1.29, 1.82) is 0 Å². The first-order chi connectivity index (χ1) is 6.36. The molecular formula is C11H17NO. The molecule has 72 valence electrons. The van der Waals surface area contributed by atoms with E-state index in [1.54, 1.807) is 6.26 Å². The van der Waals surface area contributed by atoms with E-state index < -0.39 is 0 Å². The van der Waals surface area contributed by atoms with Gasteiger partial charge in [0.15, 0.2) is 0 Å². The van der Waals surface area contributed by atoms with E-state index in [-0.39, 0.29) is 0 Å². The Morgan fingerprint density at radius 2 is 2.62 bits per heavy atom. The molecule has 0 aliphatic carbocycles. The third kappa shape index (κ3) is 2.13. The summed E-state index contributed by atoms with van der Waals surface area (Å²) in [6.07, 6.45) is 4.16. The van der Waals surface area contributed by atoms with Crippen molar-refractivity contribution in [2.75, 3.05) is 13.1 Å². The molecule has 0 bridgehead atoms. The van der Waals surface area contributed by atoms with Gasteiger partial charge in [-0.25, -0.2) is 0 Å². The van der Waals surface area contributed by atoms with Gasteiger partial charge >= 0.3 is 0 Å². The van der Waals surface area contributed by atoms with E-state index in [9.17, 15) is 0 Å². The van der Waals surface area contributed by atoms with Gasteiger partial charge in [-0.15, -0.1) is 0 Å². The molecule has 0 aromatic carbocycles. The highest BCUT2D eigenvalue weighted by molar-refractivity contribution is 4.99. The van der Waals surface area contributed by atoms with Gasteiger partial charge in [0.2, 0.25) is 0 Å². The van der Waals surface area contributed by atoms with Crippen LogP contribution in [0, 0.1) is 11.8 Å². The van der Waals surface area contributed by atoms with Gasteiger partial charge in [0.1, 0.15) is 5.76 Å². The van der Waals surface area contributed by atoms with Crippen molar-refractivity contribution in [3.63, 3.8) is 0 Å². The van der Waals surface area contributed by atoms with Gasteiger partial charge < -0.3 is 9.73 Å². The van der Waals surface area contributed by atoms with Crippen LogP contribution in [0.15, 0.2) is 22.8 Å². The minimum atomic E-state index is 0.737. The first-order valence-corrected chi connectivity index (χ1v) is 5.09. The topological polar surface area (TPSA) is 25.2 Å². The van der Waals surface area contributed by atoms with Crippen LogP contribution in [0.2, 0.25) is 0 Å². The van der Waals surface area contributed by atoms with Crippen molar-refractivity contribution in [3.05, 3.63) is 24.2 Å². The Bertz CT molecular complexity index is 237. The zero-order chi connectivity index (χ0) is 9.10. The largest absolute Gasteiger partial charge is 0.469 e. The van der Waals surface area contributed by atoms with Crippen molar-refractivity contribution < 1.29 is 4.42 Å². The highest BCUT2D eigenvalue weighted by atomic mass is 16.3. The van der Waals surface area contributed by atoms with Crippen LogP contribution in [0.5, 0.6) is 0 Å². The maximum atomic E-state index is 5.34. The average molecular weight is 179 g/mol. The van der Waals surface area contributed by atoms with Crippen LogP contribution in [0.4, 0.5) is 0 Å². The Labute approximate surface area is 79.3 Å². The summed E-state index contributed by atoms with van der Waals surface area (Å²) in [7, 11) is 0. The lowest BCUT2D eigenvalue weighted by Crippen LogP contribution is -2.17. The highest BCUT2D eigenvalue weighted by Gasteiger charge is 2.21. The van der Waals surface area contributed by atoms with Gasteiger partial charge in [0, 0.05) is 6.42 Å². The van der Waals surface area contributed by atoms with Gasteiger partial charge in [-0.3, -0.25) is 0 Å². The molecule has 2 heterocycles. The number of hydrogen-bond acceptors (Lipinski definition) is 2. The quantitative estimate of drug-likeness (QED) is 0.768. The fourth-order valence-electron chi connectivity index (χ4n) is 2.08. The predicted molar refractivity (Wildman–Crippen MR) is 52.6 cm³/mol. The van der Waals surface area contributed by atoms with Crippen LogP contribution in [0.3, 0.4) is 0 Å². The molecule has 1 aromatic rings. The molecular weight excluding hydrogens is 162 g/mol. The smallest absolute Gasteiger partial charge is 0.104 e. The van der Waals surface area contributed by atoms with Crippen molar-refractivity contribution in [1.82, 2.24) is 5.32 Å². The first-order valence-electron chi connectivity index (χ1n) is 5.09. The van der Waals surface area contributed by atoms with E-state index in [2.05, 4.69) is 18.3 Å². The molecule has 1 aliphatic rings. The van der Waals surface area contributed by atoms with Gasteiger partial charge in [-0.2, -0.15) is 0 Å². The summed E-state index contributed by atoms with van der Waals surface area (Å²) in [6.45, 7) is 4.69. The van der Waals surface area contributed by atoms with E-state index in [0.717, 1.165) is 24.0 Å². The molecule has 0 radical (unpaired) electrons. The minimum absolute atomic E-state index is 0.737. The van der Waals surface area contributed by atoms with E-state index in [1.165, 1.54) is 19.5 Å². The Kier molecular flexibility index (Phi) is 2.69. The van der Waals surface area contributed by atoms with Gasteiger partial charge in [0.05, 0.1) is 6.26 Å². The summed E-state index contributed by atoms with van der Waals surface area (Å²) in [5.41, 5.74) is 0. The van der Waals surface area contributed by atoms with Crippen molar-refractivity contribution in [3.8, 4) is 0 Å². The Balaban J connectivity index is 1.87. The van der Waals surface area contributed by atoms with Gasteiger partial charge in [0.25, 0.3) is 0 Å². The van der Waals surface area contributed by atoms with Crippen LogP contribution in [-0.4, -0.2) is 13.1 Å². The summed E-state index contributed by atoms with van der Waals surface area (Å²) in [5.74, 6) is 2.70. The fourth-order valence-corrected chi connectivity index (χ4v) is 2.08. The molecule has 1 aliphatic heterocycles. The van der Waals surface area contributed by atoms with Crippen LogP contribution in [0.1, 0.15) is 19.1 Å². The summed E-state index contributed by atoms with van der Waals surface area (Å²) in [4.78, 5) is 0. The van der Waals surface area contributed by atoms with Crippen molar-refractivity contribution in [2.24, 2.45) is 11.8 Å². The lowest BCUT2D eigenvalue weighted by molar-refractivity contribution is 0.355. The predicted octanol–water partition coefficient (Wildman–Crippen LogP) is 2.07. The minimum Gasteiger partial charge on any atom is -0.469 e. The molecule has 1 fully saturated rings. The molecule has 0 amide bonds. The van der Waals surface area contributed by atoms with E-state index in [0.29, 0.717) is 0 Å². The number of hydrogen-bond donors (Lipinski definition) is 1. The Morgan fingerprint density at radius 3 is 3.23 bits per heavy atom. The molecule has 2 atom stereocenters. The Hall–Kier alpha value is -0.760. The molecule has 2 nitrogen and oxygen atoms in total. The normalized spacial score (nSPS) is 24.8. The molecule has 2 rings (SSSR count). The van der Waals surface area contributed by atoms with Crippen molar-refractivity contribution in [2.45, 2.75) is 19.8 Å². The Morgan fingerprint density at radius 1 is 1.69 bits per heavy atom. The number of furan rings is 1. The summed E-state index contributed by atoms with van der Waals surface area (Å²) in [6, 6.07) is 4.04. The van der Waals surface area contributed by atoms with E-state index >= 15 is 0 Å². The average Bonchev–Trinajstić information content (AvgIpc) is 2.74. The molecule has 1 N–H and O–H groups in total. The third-order valence-corrected chi connectivity index (χ3v) is 3.01. The zero-order valence-electron chi connectivity index (χ0n) is 8.12.